The Morgan fingerprint density at radius 1 is 1.03 bits per heavy atom. The summed E-state index contributed by atoms with van der Waals surface area (Å²) in [4.78, 5) is 42.3. The van der Waals surface area contributed by atoms with Crippen molar-refractivity contribution in [2.24, 2.45) is 17.8 Å². The van der Waals surface area contributed by atoms with E-state index < -0.39 is 18.1 Å². The minimum absolute atomic E-state index is 0.0661. The zero-order valence-electron chi connectivity index (χ0n) is 23.0. The number of amides is 2. The quantitative estimate of drug-likeness (QED) is 0.251. The van der Waals surface area contributed by atoms with E-state index in [9.17, 15) is 14.4 Å². The molecule has 1 aromatic carbocycles. The molecule has 2 aromatic rings. The maximum Gasteiger partial charge on any atom is 0.328 e. The van der Waals surface area contributed by atoms with Gasteiger partial charge in [-0.25, -0.2) is 4.79 Å². The van der Waals surface area contributed by atoms with Crippen LogP contribution in [0.4, 0.5) is 0 Å². The summed E-state index contributed by atoms with van der Waals surface area (Å²) in [5.74, 6) is -0.438. The number of unbranched alkanes of at least 4 members (excludes halogenated alkanes) is 3. The monoisotopic (exact) mass is 511 g/mol. The van der Waals surface area contributed by atoms with Gasteiger partial charge in [0, 0.05) is 29.4 Å². The van der Waals surface area contributed by atoms with Gasteiger partial charge in [-0.3, -0.25) is 9.59 Å². The molecule has 2 unspecified atom stereocenters. The molecule has 0 spiro atoms. The van der Waals surface area contributed by atoms with E-state index >= 15 is 0 Å². The van der Waals surface area contributed by atoms with Crippen molar-refractivity contribution < 1.29 is 19.1 Å². The number of carbonyl (C=O) groups is 3. The fourth-order valence-electron chi connectivity index (χ4n) is 5.47. The molecule has 1 heterocycles. The van der Waals surface area contributed by atoms with Crippen molar-refractivity contribution in [3.05, 3.63) is 36.0 Å². The molecular weight excluding hydrogens is 466 g/mol. The van der Waals surface area contributed by atoms with Gasteiger partial charge in [0.15, 0.2) is 0 Å². The van der Waals surface area contributed by atoms with Crippen molar-refractivity contribution in [3.8, 4) is 0 Å². The first-order valence-corrected chi connectivity index (χ1v) is 14.1. The molecule has 7 nitrogen and oxygen atoms in total. The van der Waals surface area contributed by atoms with Crippen LogP contribution in [0.5, 0.6) is 0 Å². The standard InChI is InChI=1S/C30H45N3O4/c1-5-6-7-8-11-21-14-16-22(17-15-21)28(34)32-26(29(35)33-27(20(2)3)30(36)37-4)18-23-19-31-25-13-10-9-12-24(23)25/h9-10,12-13,19-22,26-27,31H,5-8,11,14-18H2,1-4H3,(H,32,34)(H,33,35). The molecule has 0 saturated heterocycles. The molecule has 1 fully saturated rings. The number of H-pyrrole nitrogens is 1. The lowest BCUT2D eigenvalue weighted by molar-refractivity contribution is -0.146. The number of ether oxygens (including phenoxy) is 1. The molecule has 204 valence electrons. The van der Waals surface area contributed by atoms with Gasteiger partial charge in [-0.15, -0.1) is 0 Å². The number of para-hydroxylation sites is 1. The van der Waals surface area contributed by atoms with E-state index in [0.29, 0.717) is 12.3 Å². The van der Waals surface area contributed by atoms with Gasteiger partial charge in [-0.2, -0.15) is 0 Å². The zero-order valence-corrected chi connectivity index (χ0v) is 23.0. The normalized spacial score (nSPS) is 19.4. The fraction of sp³-hybridized carbons (Fsp3) is 0.633. The predicted octanol–water partition coefficient (Wildman–Crippen LogP) is 5.29. The highest BCUT2D eigenvalue weighted by molar-refractivity contribution is 5.92. The summed E-state index contributed by atoms with van der Waals surface area (Å²) in [6.45, 7) is 5.94. The highest BCUT2D eigenvalue weighted by Crippen LogP contribution is 2.32. The SMILES string of the molecule is CCCCCCC1CCC(C(=O)NC(Cc2c[nH]c3ccccc23)C(=O)NC(C(=O)OC)C(C)C)CC1. The van der Waals surface area contributed by atoms with Crippen molar-refractivity contribution in [3.63, 3.8) is 0 Å². The Morgan fingerprint density at radius 2 is 1.76 bits per heavy atom. The summed E-state index contributed by atoms with van der Waals surface area (Å²) in [5, 5.41) is 6.91. The van der Waals surface area contributed by atoms with Crippen molar-refractivity contribution in [2.75, 3.05) is 7.11 Å². The van der Waals surface area contributed by atoms with Gasteiger partial charge in [0.2, 0.25) is 11.8 Å². The molecule has 37 heavy (non-hydrogen) atoms. The Balaban J connectivity index is 1.68. The third-order valence-corrected chi connectivity index (χ3v) is 7.83. The number of fused-ring (bicyclic) bond motifs is 1. The molecular formula is C30H45N3O4. The third-order valence-electron chi connectivity index (χ3n) is 7.83. The summed E-state index contributed by atoms with van der Waals surface area (Å²) in [7, 11) is 1.31. The van der Waals surface area contributed by atoms with Crippen molar-refractivity contribution in [1.29, 1.82) is 0 Å². The first kappa shape index (κ1) is 28.7. The first-order chi connectivity index (χ1) is 17.8. The van der Waals surface area contributed by atoms with Crippen LogP contribution in [0.2, 0.25) is 0 Å². The Hall–Kier alpha value is -2.83. The lowest BCUT2D eigenvalue weighted by atomic mass is 9.79. The molecule has 0 radical (unpaired) electrons. The zero-order chi connectivity index (χ0) is 26.8. The molecule has 1 aromatic heterocycles. The lowest BCUT2D eigenvalue weighted by Gasteiger charge is -2.30. The predicted molar refractivity (Wildman–Crippen MR) is 147 cm³/mol. The van der Waals surface area contributed by atoms with E-state index in [1.165, 1.54) is 39.2 Å². The van der Waals surface area contributed by atoms with Crippen molar-refractivity contribution in [1.82, 2.24) is 15.6 Å². The number of nitrogens with one attached hydrogen (secondary N) is 3. The van der Waals surface area contributed by atoms with Crippen LogP contribution in [-0.4, -0.2) is 42.0 Å². The molecule has 3 rings (SSSR count). The highest BCUT2D eigenvalue weighted by Gasteiger charge is 2.32. The Bertz CT molecular complexity index is 1020. The van der Waals surface area contributed by atoms with Crippen LogP contribution < -0.4 is 10.6 Å². The van der Waals surface area contributed by atoms with E-state index in [0.717, 1.165) is 42.1 Å². The number of methoxy groups -OCH3 is 1. The summed E-state index contributed by atoms with van der Waals surface area (Å²) in [6, 6.07) is 6.34. The first-order valence-electron chi connectivity index (χ1n) is 14.1. The topological polar surface area (TPSA) is 100 Å². The van der Waals surface area contributed by atoms with Gasteiger partial charge < -0.3 is 20.4 Å². The van der Waals surface area contributed by atoms with Gasteiger partial charge in [-0.1, -0.05) is 71.1 Å². The van der Waals surface area contributed by atoms with E-state index in [1.54, 1.807) is 0 Å². The number of esters is 1. The average Bonchev–Trinajstić information content (AvgIpc) is 3.31. The van der Waals surface area contributed by atoms with Gasteiger partial charge in [0.1, 0.15) is 12.1 Å². The maximum atomic E-state index is 13.4. The smallest absolute Gasteiger partial charge is 0.328 e. The van der Waals surface area contributed by atoms with Crippen LogP contribution in [0.1, 0.15) is 84.1 Å². The molecule has 3 N–H and O–H groups in total. The summed E-state index contributed by atoms with van der Waals surface area (Å²) in [5.41, 5.74) is 1.93. The molecule has 2 amide bonds. The molecule has 2 atom stereocenters. The van der Waals surface area contributed by atoms with E-state index in [4.69, 9.17) is 4.74 Å². The number of aromatic amines is 1. The van der Waals surface area contributed by atoms with Gasteiger partial charge in [-0.05, 0) is 49.1 Å². The number of rotatable bonds is 13. The van der Waals surface area contributed by atoms with E-state index in [2.05, 4.69) is 22.5 Å². The number of aromatic nitrogens is 1. The summed E-state index contributed by atoms with van der Waals surface area (Å²) < 4.78 is 4.90. The molecule has 1 aliphatic carbocycles. The number of benzene rings is 1. The van der Waals surface area contributed by atoms with Crippen LogP contribution in [0.25, 0.3) is 10.9 Å². The fourth-order valence-corrected chi connectivity index (χ4v) is 5.47. The number of carbonyl (C=O) groups excluding carboxylic acids is 3. The Kier molecular flexibility index (Phi) is 11.0. The lowest BCUT2D eigenvalue weighted by Crippen LogP contribution is -2.55. The second-order valence-corrected chi connectivity index (χ2v) is 10.9. The summed E-state index contributed by atoms with van der Waals surface area (Å²) in [6.07, 6.45) is 12.5. The average molecular weight is 512 g/mol. The molecule has 0 aliphatic heterocycles. The second kappa shape index (κ2) is 14.2. The van der Waals surface area contributed by atoms with Crippen LogP contribution in [-0.2, 0) is 25.5 Å². The van der Waals surface area contributed by atoms with Crippen LogP contribution in [0, 0.1) is 17.8 Å². The van der Waals surface area contributed by atoms with Crippen LogP contribution in [0.3, 0.4) is 0 Å². The van der Waals surface area contributed by atoms with Gasteiger partial charge in [0.25, 0.3) is 0 Å². The number of hydrogen-bond acceptors (Lipinski definition) is 4. The van der Waals surface area contributed by atoms with E-state index in [1.807, 2.05) is 44.3 Å². The molecule has 7 heteroatoms. The molecule has 0 bridgehead atoms. The van der Waals surface area contributed by atoms with Crippen molar-refractivity contribution in [2.45, 2.75) is 97.1 Å². The largest absolute Gasteiger partial charge is 0.467 e. The maximum absolute atomic E-state index is 13.4. The summed E-state index contributed by atoms with van der Waals surface area (Å²) >= 11 is 0. The molecule has 1 saturated carbocycles. The van der Waals surface area contributed by atoms with Crippen LogP contribution >= 0.6 is 0 Å². The van der Waals surface area contributed by atoms with Crippen molar-refractivity contribution >= 4 is 28.7 Å². The minimum atomic E-state index is -0.788. The Morgan fingerprint density at radius 3 is 2.43 bits per heavy atom. The minimum Gasteiger partial charge on any atom is -0.467 e. The van der Waals surface area contributed by atoms with E-state index in [-0.39, 0.29) is 23.7 Å². The highest BCUT2D eigenvalue weighted by atomic mass is 16.5. The van der Waals surface area contributed by atoms with Gasteiger partial charge >= 0.3 is 5.97 Å². The van der Waals surface area contributed by atoms with Crippen LogP contribution in [0.15, 0.2) is 30.5 Å². The molecule has 1 aliphatic rings. The third kappa shape index (κ3) is 8.08. The Labute approximate surface area is 221 Å². The number of hydrogen-bond donors (Lipinski definition) is 3. The second-order valence-electron chi connectivity index (χ2n) is 10.9. The van der Waals surface area contributed by atoms with Gasteiger partial charge in [0.05, 0.1) is 7.11 Å².